The van der Waals surface area contributed by atoms with E-state index in [4.69, 9.17) is 9.94 Å². The molecule has 3 rings (SSSR count). The molecule has 0 bridgehead atoms. The van der Waals surface area contributed by atoms with Gasteiger partial charge in [-0.15, -0.1) is 0 Å². The molecule has 25 heavy (non-hydrogen) atoms. The van der Waals surface area contributed by atoms with Crippen molar-refractivity contribution in [3.8, 4) is 0 Å². The molecule has 1 aromatic carbocycles. The monoisotopic (exact) mass is 345 g/mol. The molecule has 7 nitrogen and oxygen atoms in total. The van der Waals surface area contributed by atoms with Crippen LogP contribution in [0, 0.1) is 12.7 Å². The standard InChI is InChI=1S/C17H16FN3O4/c1-10-2-3-13(12(18)6-10)20-14-8-19-7-11-4-5-21(17(24)16(11)14)25-9-15(22)23/h2-3,6-8,20H,4-5,9H2,1H3,(H,22,23). The molecule has 2 heterocycles. The van der Waals surface area contributed by atoms with Gasteiger partial charge in [0.1, 0.15) is 5.82 Å². The highest BCUT2D eigenvalue weighted by Gasteiger charge is 2.29. The van der Waals surface area contributed by atoms with Crippen LogP contribution in [0.3, 0.4) is 0 Å². The highest BCUT2D eigenvalue weighted by atomic mass is 19.1. The van der Waals surface area contributed by atoms with Crippen molar-refractivity contribution in [3.63, 3.8) is 0 Å². The largest absolute Gasteiger partial charge is 0.479 e. The van der Waals surface area contributed by atoms with Gasteiger partial charge in [0.15, 0.2) is 6.61 Å². The fourth-order valence-electron chi connectivity index (χ4n) is 2.61. The van der Waals surface area contributed by atoms with Gasteiger partial charge < -0.3 is 10.4 Å². The molecular formula is C17H16FN3O4. The van der Waals surface area contributed by atoms with E-state index in [1.54, 1.807) is 25.3 Å². The van der Waals surface area contributed by atoms with E-state index in [-0.39, 0.29) is 12.2 Å². The molecule has 130 valence electrons. The Bertz CT molecular complexity index is 841. The van der Waals surface area contributed by atoms with Gasteiger partial charge in [-0.2, -0.15) is 0 Å². The number of nitrogens with one attached hydrogen (secondary N) is 1. The first-order valence-electron chi connectivity index (χ1n) is 7.62. The van der Waals surface area contributed by atoms with Crippen molar-refractivity contribution in [2.45, 2.75) is 13.3 Å². The lowest BCUT2D eigenvalue weighted by atomic mass is 10.0. The fourth-order valence-corrected chi connectivity index (χ4v) is 2.61. The summed E-state index contributed by atoms with van der Waals surface area (Å²) in [6.45, 7) is 1.39. The molecule has 0 radical (unpaired) electrons. The highest BCUT2D eigenvalue weighted by Crippen LogP contribution is 2.29. The Balaban J connectivity index is 1.90. The minimum atomic E-state index is -1.17. The number of anilines is 2. The SMILES string of the molecule is Cc1ccc(Nc2cncc3c2C(=O)N(OCC(=O)O)CC3)c(F)c1. The lowest BCUT2D eigenvalue weighted by molar-refractivity contribution is -0.165. The summed E-state index contributed by atoms with van der Waals surface area (Å²) in [6, 6.07) is 4.71. The summed E-state index contributed by atoms with van der Waals surface area (Å²) in [4.78, 5) is 32.4. The molecule has 0 saturated carbocycles. The van der Waals surface area contributed by atoms with Gasteiger partial charge in [-0.3, -0.25) is 14.6 Å². The van der Waals surface area contributed by atoms with Gasteiger partial charge in [0.2, 0.25) is 0 Å². The molecule has 2 N–H and O–H groups in total. The maximum atomic E-state index is 14.1. The second-order valence-corrected chi connectivity index (χ2v) is 5.65. The van der Waals surface area contributed by atoms with Gasteiger partial charge in [0.25, 0.3) is 5.91 Å². The van der Waals surface area contributed by atoms with Crippen LogP contribution in [-0.2, 0) is 16.1 Å². The topological polar surface area (TPSA) is 91.8 Å². The van der Waals surface area contributed by atoms with Crippen LogP contribution < -0.4 is 5.32 Å². The van der Waals surface area contributed by atoms with Gasteiger partial charge in [-0.1, -0.05) is 6.07 Å². The highest BCUT2D eigenvalue weighted by molar-refractivity contribution is 6.02. The third-order valence-corrected chi connectivity index (χ3v) is 3.79. The van der Waals surface area contributed by atoms with Gasteiger partial charge in [0, 0.05) is 6.20 Å². The van der Waals surface area contributed by atoms with E-state index in [0.717, 1.165) is 10.6 Å². The summed E-state index contributed by atoms with van der Waals surface area (Å²) in [5, 5.41) is 12.6. The van der Waals surface area contributed by atoms with Crippen LogP contribution in [0.5, 0.6) is 0 Å². The molecular weight excluding hydrogens is 329 g/mol. The number of fused-ring (bicyclic) bond motifs is 1. The number of amides is 1. The minimum absolute atomic E-state index is 0.220. The number of pyridine rings is 1. The van der Waals surface area contributed by atoms with Crippen molar-refractivity contribution in [3.05, 3.63) is 53.1 Å². The molecule has 0 atom stereocenters. The van der Waals surface area contributed by atoms with Gasteiger partial charge in [-0.25, -0.2) is 14.2 Å². The summed E-state index contributed by atoms with van der Waals surface area (Å²) >= 11 is 0. The number of carboxylic acids is 1. The van der Waals surface area contributed by atoms with Crippen LogP contribution in [-0.4, -0.2) is 40.2 Å². The van der Waals surface area contributed by atoms with E-state index in [2.05, 4.69) is 10.3 Å². The number of carbonyl (C=O) groups excluding carboxylic acids is 1. The first kappa shape index (κ1) is 16.8. The molecule has 2 aromatic rings. The molecule has 0 aliphatic carbocycles. The molecule has 8 heteroatoms. The Morgan fingerprint density at radius 1 is 1.40 bits per heavy atom. The number of carboxylic acid groups (broad SMARTS) is 1. The van der Waals surface area contributed by atoms with E-state index in [0.29, 0.717) is 23.2 Å². The number of carbonyl (C=O) groups is 2. The Morgan fingerprint density at radius 3 is 2.92 bits per heavy atom. The number of rotatable bonds is 5. The van der Waals surface area contributed by atoms with Crippen LogP contribution in [0.15, 0.2) is 30.6 Å². The molecule has 1 aliphatic heterocycles. The van der Waals surface area contributed by atoms with Crippen molar-refractivity contribution in [2.75, 3.05) is 18.5 Å². The Morgan fingerprint density at radius 2 is 2.20 bits per heavy atom. The zero-order valence-corrected chi connectivity index (χ0v) is 13.5. The molecule has 0 spiro atoms. The van der Waals surface area contributed by atoms with Crippen molar-refractivity contribution in [1.82, 2.24) is 10.0 Å². The van der Waals surface area contributed by atoms with Gasteiger partial charge >= 0.3 is 5.97 Å². The Hall–Kier alpha value is -3.00. The average molecular weight is 345 g/mol. The van der Waals surface area contributed by atoms with Crippen molar-refractivity contribution in [2.24, 2.45) is 0 Å². The predicted octanol–water partition coefficient (Wildman–Crippen LogP) is 2.29. The number of benzene rings is 1. The number of halogens is 1. The number of hydrogen-bond acceptors (Lipinski definition) is 5. The zero-order chi connectivity index (χ0) is 18.0. The lowest BCUT2D eigenvalue weighted by Crippen LogP contribution is -2.39. The molecule has 0 fully saturated rings. The smallest absolute Gasteiger partial charge is 0.332 e. The van der Waals surface area contributed by atoms with E-state index in [9.17, 15) is 14.0 Å². The van der Waals surface area contributed by atoms with Gasteiger partial charge in [0.05, 0.1) is 29.7 Å². The first-order valence-corrected chi connectivity index (χ1v) is 7.62. The van der Waals surface area contributed by atoms with Crippen LogP contribution in [0.2, 0.25) is 0 Å². The molecule has 1 amide bonds. The van der Waals surface area contributed by atoms with Crippen LogP contribution in [0.4, 0.5) is 15.8 Å². The molecule has 0 saturated heterocycles. The normalized spacial score (nSPS) is 13.5. The van der Waals surface area contributed by atoms with E-state index in [1.165, 1.54) is 12.3 Å². The van der Waals surface area contributed by atoms with E-state index >= 15 is 0 Å². The summed E-state index contributed by atoms with van der Waals surface area (Å²) in [7, 11) is 0. The molecule has 1 aromatic heterocycles. The summed E-state index contributed by atoms with van der Waals surface area (Å²) < 4.78 is 14.1. The van der Waals surface area contributed by atoms with Gasteiger partial charge in [-0.05, 0) is 36.6 Å². The zero-order valence-electron chi connectivity index (χ0n) is 13.5. The number of hydroxylamine groups is 2. The van der Waals surface area contributed by atoms with Crippen molar-refractivity contribution in [1.29, 1.82) is 0 Å². The van der Waals surface area contributed by atoms with Crippen molar-refractivity contribution >= 4 is 23.3 Å². The maximum absolute atomic E-state index is 14.1. The number of hydrogen-bond donors (Lipinski definition) is 2. The van der Waals surface area contributed by atoms with Crippen LogP contribution in [0.25, 0.3) is 0 Å². The van der Waals surface area contributed by atoms with E-state index < -0.39 is 24.3 Å². The predicted molar refractivity (Wildman–Crippen MR) is 87.0 cm³/mol. The van der Waals surface area contributed by atoms with Crippen LogP contribution >= 0.6 is 0 Å². The molecule has 1 aliphatic rings. The summed E-state index contributed by atoms with van der Waals surface area (Å²) in [6.07, 6.45) is 3.45. The van der Waals surface area contributed by atoms with Crippen LogP contribution in [0.1, 0.15) is 21.5 Å². The quantitative estimate of drug-likeness (QED) is 0.864. The number of aliphatic carboxylic acids is 1. The average Bonchev–Trinajstić information content (AvgIpc) is 2.56. The second kappa shape index (κ2) is 6.86. The summed E-state index contributed by atoms with van der Waals surface area (Å²) in [5.74, 6) is -2.10. The third kappa shape index (κ3) is 3.58. The Labute approximate surface area is 143 Å². The Kier molecular flexibility index (Phi) is 4.62. The summed E-state index contributed by atoms with van der Waals surface area (Å²) in [5.41, 5.74) is 2.33. The molecule has 0 unspecified atom stereocenters. The third-order valence-electron chi connectivity index (χ3n) is 3.79. The minimum Gasteiger partial charge on any atom is -0.479 e. The van der Waals surface area contributed by atoms with Crippen molar-refractivity contribution < 1.29 is 23.9 Å². The number of nitrogens with zero attached hydrogens (tertiary/aromatic N) is 2. The number of aryl methyl sites for hydroxylation is 1. The lowest BCUT2D eigenvalue weighted by Gasteiger charge is -2.28. The fraction of sp³-hybridized carbons (Fsp3) is 0.235. The second-order valence-electron chi connectivity index (χ2n) is 5.65. The van der Waals surface area contributed by atoms with E-state index in [1.807, 2.05) is 0 Å². The first-order chi connectivity index (χ1) is 12.0. The maximum Gasteiger partial charge on any atom is 0.332 e. The number of aromatic nitrogens is 1.